The molecule has 1 aromatic heterocycles. The van der Waals surface area contributed by atoms with Gasteiger partial charge in [-0.2, -0.15) is 0 Å². The van der Waals surface area contributed by atoms with Gasteiger partial charge in [0.15, 0.2) is 0 Å². The van der Waals surface area contributed by atoms with Crippen LogP contribution in [0.1, 0.15) is 43.6 Å². The van der Waals surface area contributed by atoms with E-state index in [1.807, 2.05) is 13.8 Å². The lowest BCUT2D eigenvalue weighted by Gasteiger charge is -2.03. The molecule has 0 aromatic carbocycles. The predicted molar refractivity (Wildman–Crippen MR) is 81.2 cm³/mol. The number of thiophene rings is 1. The first-order valence-electron chi connectivity index (χ1n) is 6.81. The molecule has 0 aliphatic rings. The van der Waals surface area contributed by atoms with E-state index in [1.54, 1.807) is 6.07 Å². The third-order valence-electron chi connectivity index (χ3n) is 2.87. The summed E-state index contributed by atoms with van der Waals surface area (Å²) in [5.74, 6) is 0. The Morgan fingerprint density at radius 2 is 2.00 bits per heavy atom. The summed E-state index contributed by atoms with van der Waals surface area (Å²) in [5.41, 5.74) is 1.04. The van der Waals surface area contributed by atoms with Crippen molar-refractivity contribution in [2.75, 3.05) is 13.1 Å². The number of hydrogen-bond acceptors (Lipinski definition) is 4. The monoisotopic (exact) mass is 304 g/mol. The van der Waals surface area contributed by atoms with Gasteiger partial charge in [0.05, 0.1) is 0 Å². The van der Waals surface area contributed by atoms with E-state index in [0.717, 1.165) is 42.8 Å². The van der Waals surface area contributed by atoms with Crippen LogP contribution in [0, 0.1) is 6.92 Å². The lowest BCUT2D eigenvalue weighted by atomic mass is 10.3. The molecule has 4 nitrogen and oxygen atoms in total. The Hall–Kier alpha value is -0.430. The minimum Gasteiger partial charge on any atom is -0.312 e. The summed E-state index contributed by atoms with van der Waals surface area (Å²) in [7, 11) is -3.33. The van der Waals surface area contributed by atoms with Crippen molar-refractivity contribution in [3.8, 4) is 0 Å². The molecule has 110 valence electrons. The van der Waals surface area contributed by atoms with Gasteiger partial charge in [0.25, 0.3) is 0 Å². The van der Waals surface area contributed by atoms with Gasteiger partial charge in [-0.1, -0.05) is 26.7 Å². The van der Waals surface area contributed by atoms with E-state index in [0.29, 0.717) is 10.8 Å². The molecule has 19 heavy (non-hydrogen) atoms. The van der Waals surface area contributed by atoms with Crippen molar-refractivity contribution in [1.29, 1.82) is 0 Å². The molecule has 0 spiro atoms. The zero-order chi connectivity index (χ0) is 14.3. The van der Waals surface area contributed by atoms with Crippen molar-refractivity contribution >= 4 is 21.4 Å². The van der Waals surface area contributed by atoms with Crippen molar-refractivity contribution in [2.24, 2.45) is 0 Å². The van der Waals surface area contributed by atoms with Crippen LogP contribution in [-0.2, 0) is 16.6 Å². The predicted octanol–water partition coefficient (Wildman–Crippen LogP) is 2.63. The highest BCUT2D eigenvalue weighted by molar-refractivity contribution is 7.91. The topological polar surface area (TPSA) is 58.2 Å². The maximum Gasteiger partial charge on any atom is 0.250 e. The Morgan fingerprint density at radius 1 is 1.26 bits per heavy atom. The molecule has 0 unspecified atom stereocenters. The van der Waals surface area contributed by atoms with Gasteiger partial charge in [0, 0.05) is 18.0 Å². The van der Waals surface area contributed by atoms with E-state index in [2.05, 4.69) is 17.0 Å². The molecular formula is C13H24N2O2S2. The number of sulfonamides is 1. The average molecular weight is 304 g/mol. The molecule has 1 aromatic rings. The fraction of sp³-hybridized carbons (Fsp3) is 0.692. The van der Waals surface area contributed by atoms with E-state index >= 15 is 0 Å². The van der Waals surface area contributed by atoms with Crippen LogP contribution >= 0.6 is 11.3 Å². The Labute approximate surface area is 120 Å². The number of unbranched alkanes of at least 4 members (excludes halogenated alkanes) is 2. The van der Waals surface area contributed by atoms with Gasteiger partial charge in [-0.05, 0) is 31.5 Å². The Balaban J connectivity index is 2.67. The van der Waals surface area contributed by atoms with E-state index in [1.165, 1.54) is 11.3 Å². The van der Waals surface area contributed by atoms with Crippen LogP contribution < -0.4 is 10.0 Å². The van der Waals surface area contributed by atoms with Gasteiger partial charge in [-0.3, -0.25) is 0 Å². The summed E-state index contributed by atoms with van der Waals surface area (Å²) in [6.07, 6.45) is 3.04. The molecule has 0 radical (unpaired) electrons. The lowest BCUT2D eigenvalue weighted by molar-refractivity contribution is 0.578. The molecule has 2 N–H and O–H groups in total. The van der Waals surface area contributed by atoms with Gasteiger partial charge >= 0.3 is 0 Å². The van der Waals surface area contributed by atoms with Gasteiger partial charge in [-0.25, -0.2) is 13.1 Å². The quantitative estimate of drug-likeness (QED) is 0.690. The smallest absolute Gasteiger partial charge is 0.250 e. The van der Waals surface area contributed by atoms with Gasteiger partial charge in [-0.15, -0.1) is 11.3 Å². The first-order chi connectivity index (χ1) is 9.01. The minimum atomic E-state index is -3.33. The molecule has 1 heterocycles. The third kappa shape index (κ3) is 5.22. The van der Waals surface area contributed by atoms with E-state index in [4.69, 9.17) is 0 Å². The molecule has 0 saturated heterocycles. The molecule has 0 aliphatic heterocycles. The molecule has 0 bridgehead atoms. The van der Waals surface area contributed by atoms with E-state index in [9.17, 15) is 8.42 Å². The van der Waals surface area contributed by atoms with Gasteiger partial charge in [0.2, 0.25) is 10.0 Å². The zero-order valence-corrected chi connectivity index (χ0v) is 13.6. The van der Waals surface area contributed by atoms with Crippen LogP contribution in [0.5, 0.6) is 0 Å². The lowest BCUT2D eigenvalue weighted by Crippen LogP contribution is -2.23. The fourth-order valence-corrected chi connectivity index (χ4v) is 4.37. The van der Waals surface area contributed by atoms with Gasteiger partial charge < -0.3 is 5.32 Å². The molecule has 0 aliphatic carbocycles. The fourth-order valence-electron chi connectivity index (χ4n) is 1.69. The molecule has 6 heteroatoms. The third-order valence-corrected chi connectivity index (χ3v) is 6.04. The standard InChI is InChI=1S/C13H24N2O2S2/c1-4-6-7-8-15-19(16,17)13-9-11(3)12(18-13)10-14-5-2/h9,14-15H,4-8,10H2,1-3H3. The Kier molecular flexibility index (Phi) is 6.99. The highest BCUT2D eigenvalue weighted by atomic mass is 32.2. The van der Waals surface area contributed by atoms with E-state index < -0.39 is 10.0 Å². The van der Waals surface area contributed by atoms with E-state index in [-0.39, 0.29) is 0 Å². The summed E-state index contributed by atoms with van der Waals surface area (Å²) >= 11 is 1.36. The number of hydrogen-bond donors (Lipinski definition) is 2. The van der Waals surface area contributed by atoms with Gasteiger partial charge in [0.1, 0.15) is 4.21 Å². The molecule has 0 amide bonds. The van der Waals surface area contributed by atoms with Crippen LogP contribution in [0.25, 0.3) is 0 Å². The maximum absolute atomic E-state index is 12.1. The SMILES string of the molecule is CCCCCNS(=O)(=O)c1cc(C)c(CNCC)s1. The van der Waals surface area contributed by atoms with Crippen LogP contribution in [0.15, 0.2) is 10.3 Å². The maximum atomic E-state index is 12.1. The molecule has 0 saturated carbocycles. The molecule has 0 fully saturated rings. The minimum absolute atomic E-state index is 0.425. The average Bonchev–Trinajstić information content (AvgIpc) is 2.74. The zero-order valence-electron chi connectivity index (χ0n) is 12.0. The Bertz CT molecular complexity index is 481. The summed E-state index contributed by atoms with van der Waals surface area (Å²) in [5, 5.41) is 3.23. The van der Waals surface area contributed by atoms with Crippen LogP contribution in [0.3, 0.4) is 0 Å². The number of aryl methyl sites for hydroxylation is 1. The highest BCUT2D eigenvalue weighted by Gasteiger charge is 2.18. The summed E-state index contributed by atoms with van der Waals surface area (Å²) in [6, 6.07) is 1.76. The summed E-state index contributed by atoms with van der Waals surface area (Å²) < 4.78 is 27.3. The van der Waals surface area contributed by atoms with Crippen molar-refractivity contribution in [3.63, 3.8) is 0 Å². The Morgan fingerprint density at radius 3 is 2.63 bits per heavy atom. The second-order valence-electron chi connectivity index (χ2n) is 4.56. The molecule has 0 atom stereocenters. The van der Waals surface area contributed by atoms with Crippen molar-refractivity contribution in [1.82, 2.24) is 10.0 Å². The normalized spacial score (nSPS) is 11.9. The highest BCUT2D eigenvalue weighted by Crippen LogP contribution is 2.25. The largest absolute Gasteiger partial charge is 0.312 e. The second kappa shape index (κ2) is 7.99. The van der Waals surface area contributed by atoms with Crippen LogP contribution in [0.4, 0.5) is 0 Å². The second-order valence-corrected chi connectivity index (χ2v) is 7.69. The summed E-state index contributed by atoms with van der Waals surface area (Å²) in [6.45, 7) is 8.24. The summed E-state index contributed by atoms with van der Waals surface area (Å²) in [4.78, 5) is 1.09. The first kappa shape index (κ1) is 16.6. The van der Waals surface area contributed by atoms with Crippen LogP contribution in [-0.4, -0.2) is 21.5 Å². The van der Waals surface area contributed by atoms with Crippen molar-refractivity contribution in [2.45, 2.75) is 50.8 Å². The molecular weight excluding hydrogens is 280 g/mol. The molecule has 1 rings (SSSR count). The number of nitrogens with one attached hydrogen (secondary N) is 2. The van der Waals surface area contributed by atoms with Crippen LogP contribution in [0.2, 0.25) is 0 Å². The van der Waals surface area contributed by atoms with Crippen molar-refractivity contribution < 1.29 is 8.42 Å². The van der Waals surface area contributed by atoms with Crippen molar-refractivity contribution in [3.05, 3.63) is 16.5 Å². The number of rotatable bonds is 9. The first-order valence-corrected chi connectivity index (χ1v) is 9.11.